The number of benzene rings is 1. The number of ether oxygens (including phenoxy) is 1. The van der Waals surface area contributed by atoms with Gasteiger partial charge in [0.15, 0.2) is 5.13 Å². The van der Waals surface area contributed by atoms with Crippen LogP contribution in [0.3, 0.4) is 0 Å². The zero-order valence-corrected chi connectivity index (χ0v) is 17.2. The van der Waals surface area contributed by atoms with Gasteiger partial charge < -0.3 is 9.64 Å². The van der Waals surface area contributed by atoms with Crippen LogP contribution in [0.25, 0.3) is 10.2 Å². The quantitative estimate of drug-likeness (QED) is 0.640. The summed E-state index contributed by atoms with van der Waals surface area (Å²) in [6, 6.07) is 5.69. The van der Waals surface area contributed by atoms with Crippen LogP contribution in [-0.4, -0.2) is 67.9 Å². The highest BCUT2D eigenvalue weighted by molar-refractivity contribution is 7.22. The van der Waals surface area contributed by atoms with Gasteiger partial charge in [-0.3, -0.25) is 24.2 Å². The summed E-state index contributed by atoms with van der Waals surface area (Å²) in [5, 5.41) is 0.549. The lowest BCUT2D eigenvalue weighted by Crippen LogP contribution is -3.06. The van der Waals surface area contributed by atoms with E-state index in [0.29, 0.717) is 36.1 Å². The third-order valence-corrected chi connectivity index (χ3v) is 5.53. The highest BCUT2D eigenvalue weighted by Gasteiger charge is 2.33. The van der Waals surface area contributed by atoms with E-state index in [2.05, 4.69) is 4.98 Å². The molecule has 2 heterocycles. The standard InChI is InChI=1S/C19H24N4O4S/c1-4-27-13-6-5-7-14-18(13)20-19(28-14)22(11-10-21(2)3)17(26)12-23-15(24)8-9-16(23)25/h5-7H,4,8-12H2,1-3H3/p+1. The molecular formula is C19H25N4O4S+. The van der Waals surface area contributed by atoms with Gasteiger partial charge in [0.2, 0.25) is 17.7 Å². The van der Waals surface area contributed by atoms with E-state index in [-0.39, 0.29) is 37.1 Å². The van der Waals surface area contributed by atoms with Crippen LogP contribution in [0.4, 0.5) is 5.13 Å². The molecule has 1 aromatic heterocycles. The first-order chi connectivity index (χ1) is 13.4. The highest BCUT2D eigenvalue weighted by atomic mass is 32.1. The number of nitrogens with one attached hydrogen (secondary N) is 1. The van der Waals surface area contributed by atoms with Gasteiger partial charge in [0.05, 0.1) is 38.5 Å². The first-order valence-electron chi connectivity index (χ1n) is 9.35. The van der Waals surface area contributed by atoms with Crippen molar-refractivity contribution in [2.45, 2.75) is 19.8 Å². The van der Waals surface area contributed by atoms with E-state index in [1.807, 2.05) is 39.2 Å². The lowest BCUT2D eigenvalue weighted by Gasteiger charge is -2.23. The maximum atomic E-state index is 13.0. The number of amides is 3. The molecule has 1 aliphatic rings. The minimum Gasteiger partial charge on any atom is -0.492 e. The smallest absolute Gasteiger partial charge is 0.249 e. The number of fused-ring (bicyclic) bond motifs is 1. The third kappa shape index (κ3) is 4.31. The Morgan fingerprint density at radius 3 is 2.64 bits per heavy atom. The molecular weight excluding hydrogens is 380 g/mol. The minimum absolute atomic E-state index is 0.173. The Labute approximate surface area is 167 Å². The molecule has 0 spiro atoms. The molecule has 3 amide bonds. The Kier molecular flexibility index (Phi) is 6.25. The molecule has 28 heavy (non-hydrogen) atoms. The summed E-state index contributed by atoms with van der Waals surface area (Å²) < 4.78 is 6.57. The number of nitrogens with zero attached hydrogens (tertiary/aromatic N) is 3. The molecule has 8 nitrogen and oxygen atoms in total. The molecule has 1 fully saturated rings. The molecule has 0 saturated carbocycles. The van der Waals surface area contributed by atoms with Crippen molar-refractivity contribution in [3.63, 3.8) is 0 Å². The number of likely N-dealkylation sites (N-methyl/N-ethyl adjacent to an activating group) is 1. The van der Waals surface area contributed by atoms with Crippen molar-refractivity contribution >= 4 is 44.4 Å². The number of para-hydroxylation sites is 1. The number of likely N-dealkylation sites (tertiary alicyclic amines) is 1. The molecule has 0 radical (unpaired) electrons. The van der Waals surface area contributed by atoms with Gasteiger partial charge in [-0.05, 0) is 19.1 Å². The zero-order valence-electron chi connectivity index (χ0n) is 16.4. The fourth-order valence-corrected chi connectivity index (χ4v) is 4.01. The average Bonchev–Trinajstić information content (AvgIpc) is 3.21. The molecule has 150 valence electrons. The topological polar surface area (TPSA) is 84.3 Å². The predicted octanol–water partition coefficient (Wildman–Crippen LogP) is 0.322. The van der Waals surface area contributed by atoms with E-state index in [1.54, 1.807) is 4.90 Å². The van der Waals surface area contributed by atoms with Gasteiger partial charge in [0.25, 0.3) is 0 Å². The predicted molar refractivity (Wildman–Crippen MR) is 107 cm³/mol. The molecule has 0 bridgehead atoms. The second-order valence-corrected chi connectivity index (χ2v) is 7.92. The van der Waals surface area contributed by atoms with E-state index in [9.17, 15) is 14.4 Å². The van der Waals surface area contributed by atoms with Crippen molar-refractivity contribution in [1.82, 2.24) is 9.88 Å². The number of hydrogen-bond acceptors (Lipinski definition) is 6. The van der Waals surface area contributed by atoms with Crippen molar-refractivity contribution in [2.75, 3.05) is 45.2 Å². The van der Waals surface area contributed by atoms with E-state index in [4.69, 9.17) is 4.74 Å². The number of carbonyl (C=O) groups is 3. The van der Waals surface area contributed by atoms with Crippen LogP contribution in [-0.2, 0) is 14.4 Å². The number of thiazole rings is 1. The lowest BCUT2D eigenvalue weighted by atomic mass is 10.3. The van der Waals surface area contributed by atoms with E-state index in [0.717, 1.165) is 9.60 Å². The molecule has 1 saturated heterocycles. The van der Waals surface area contributed by atoms with Crippen LogP contribution >= 0.6 is 11.3 Å². The van der Waals surface area contributed by atoms with Crippen LogP contribution in [0.2, 0.25) is 0 Å². The SMILES string of the molecule is CCOc1cccc2sc(N(CC[NH+](C)C)C(=O)CN3C(=O)CCC3=O)nc12. The Balaban J connectivity index is 1.90. The first-order valence-corrected chi connectivity index (χ1v) is 10.2. The van der Waals surface area contributed by atoms with Crippen molar-refractivity contribution in [1.29, 1.82) is 0 Å². The fraction of sp³-hybridized carbons (Fsp3) is 0.474. The minimum atomic E-state index is -0.304. The third-order valence-electron chi connectivity index (χ3n) is 4.49. The highest BCUT2D eigenvalue weighted by Crippen LogP contribution is 2.34. The van der Waals surface area contributed by atoms with Gasteiger partial charge in [0.1, 0.15) is 17.8 Å². The molecule has 0 unspecified atom stereocenters. The van der Waals surface area contributed by atoms with Crippen LogP contribution in [0.5, 0.6) is 5.75 Å². The Hall–Kier alpha value is -2.52. The molecule has 9 heteroatoms. The van der Waals surface area contributed by atoms with Crippen molar-refractivity contribution in [3.05, 3.63) is 18.2 Å². The number of rotatable bonds is 8. The molecule has 3 rings (SSSR count). The number of aromatic nitrogens is 1. The Morgan fingerprint density at radius 1 is 1.29 bits per heavy atom. The second kappa shape index (κ2) is 8.66. The Bertz CT molecular complexity index is 879. The van der Waals surface area contributed by atoms with Gasteiger partial charge in [-0.2, -0.15) is 0 Å². The van der Waals surface area contributed by atoms with Gasteiger partial charge in [-0.25, -0.2) is 4.98 Å². The molecule has 2 aromatic rings. The van der Waals surface area contributed by atoms with Gasteiger partial charge in [0, 0.05) is 12.8 Å². The van der Waals surface area contributed by atoms with Crippen LogP contribution in [0, 0.1) is 0 Å². The monoisotopic (exact) mass is 405 g/mol. The maximum Gasteiger partial charge on any atom is 0.249 e. The van der Waals surface area contributed by atoms with Gasteiger partial charge >= 0.3 is 0 Å². The summed E-state index contributed by atoms with van der Waals surface area (Å²) >= 11 is 1.40. The second-order valence-electron chi connectivity index (χ2n) is 6.91. The fourth-order valence-electron chi connectivity index (χ4n) is 2.98. The largest absolute Gasteiger partial charge is 0.492 e. The summed E-state index contributed by atoms with van der Waals surface area (Å²) in [4.78, 5) is 45.3. The summed E-state index contributed by atoms with van der Waals surface area (Å²) in [7, 11) is 4.00. The van der Waals surface area contributed by atoms with Crippen molar-refractivity contribution in [3.8, 4) is 5.75 Å². The van der Waals surface area contributed by atoms with Crippen molar-refractivity contribution in [2.24, 2.45) is 0 Å². The van der Waals surface area contributed by atoms with E-state index < -0.39 is 0 Å². The molecule has 1 aliphatic heterocycles. The van der Waals surface area contributed by atoms with E-state index in [1.165, 1.54) is 16.2 Å². The molecule has 1 aromatic carbocycles. The number of carbonyl (C=O) groups excluding carboxylic acids is 3. The summed E-state index contributed by atoms with van der Waals surface area (Å²) in [5.41, 5.74) is 0.715. The van der Waals surface area contributed by atoms with Gasteiger partial charge in [-0.15, -0.1) is 0 Å². The summed E-state index contributed by atoms with van der Waals surface area (Å²) in [6.45, 7) is 3.35. The number of imide groups is 1. The molecule has 0 aliphatic carbocycles. The normalized spacial score (nSPS) is 14.4. The number of hydrogen-bond donors (Lipinski definition) is 1. The summed E-state index contributed by atoms with van der Waals surface area (Å²) in [6.07, 6.45) is 0.347. The number of anilines is 1. The molecule has 0 atom stereocenters. The number of quaternary nitrogens is 1. The van der Waals surface area contributed by atoms with Crippen LogP contribution in [0.1, 0.15) is 19.8 Å². The van der Waals surface area contributed by atoms with E-state index >= 15 is 0 Å². The van der Waals surface area contributed by atoms with Crippen LogP contribution < -0.4 is 14.5 Å². The Morgan fingerprint density at radius 2 is 2.00 bits per heavy atom. The average molecular weight is 406 g/mol. The zero-order chi connectivity index (χ0) is 20.3. The lowest BCUT2D eigenvalue weighted by molar-refractivity contribution is -0.856. The maximum absolute atomic E-state index is 13.0. The van der Waals surface area contributed by atoms with Crippen LogP contribution in [0.15, 0.2) is 18.2 Å². The molecule has 1 N–H and O–H groups in total. The van der Waals surface area contributed by atoms with Gasteiger partial charge in [-0.1, -0.05) is 17.4 Å². The van der Waals surface area contributed by atoms with Crippen molar-refractivity contribution < 1.29 is 24.0 Å². The first kappa shape index (κ1) is 20.2. The summed E-state index contributed by atoms with van der Waals surface area (Å²) in [5.74, 6) is -0.209.